The number of amides is 1. The molecule has 0 aliphatic carbocycles. The molecule has 1 unspecified atom stereocenters. The highest BCUT2D eigenvalue weighted by molar-refractivity contribution is 5.80. The molecule has 0 fully saturated rings. The molecule has 1 aromatic carbocycles. The van der Waals surface area contributed by atoms with Crippen LogP contribution in [-0.2, 0) is 4.79 Å². The third-order valence-corrected chi connectivity index (χ3v) is 2.85. The van der Waals surface area contributed by atoms with Gasteiger partial charge in [0.15, 0.2) is 6.10 Å². The van der Waals surface area contributed by atoms with E-state index < -0.39 is 6.10 Å². The number of carbonyl (C=O) groups excluding carboxylic acids is 1. The highest BCUT2D eigenvalue weighted by atomic mass is 16.5. The summed E-state index contributed by atoms with van der Waals surface area (Å²) in [6.07, 6.45) is -0.467. The molecule has 1 amide bonds. The van der Waals surface area contributed by atoms with Crippen LogP contribution in [0.4, 0.5) is 0 Å². The third kappa shape index (κ3) is 4.40. The number of nitrogens with one attached hydrogen (secondary N) is 1. The Kier molecular flexibility index (Phi) is 5.20. The smallest absolute Gasteiger partial charge is 0.260 e. The summed E-state index contributed by atoms with van der Waals surface area (Å²) in [4.78, 5) is 11.8. The number of aryl methyl sites for hydroxylation is 2. The molecule has 0 aromatic heterocycles. The molecule has 1 aromatic rings. The van der Waals surface area contributed by atoms with Crippen LogP contribution in [-0.4, -0.2) is 18.6 Å². The SMILES string of the molecule is Cc1ccc(OC(C)C(=O)NCC(C)C)cc1C. The topological polar surface area (TPSA) is 38.3 Å². The summed E-state index contributed by atoms with van der Waals surface area (Å²) in [6, 6.07) is 5.86. The minimum Gasteiger partial charge on any atom is -0.481 e. The van der Waals surface area contributed by atoms with E-state index in [9.17, 15) is 4.79 Å². The van der Waals surface area contributed by atoms with Gasteiger partial charge in [-0.2, -0.15) is 0 Å². The Morgan fingerprint density at radius 1 is 1.22 bits per heavy atom. The molecule has 0 saturated heterocycles. The molecule has 1 N–H and O–H groups in total. The van der Waals surface area contributed by atoms with E-state index in [4.69, 9.17) is 4.74 Å². The van der Waals surface area contributed by atoms with Gasteiger partial charge in [0.25, 0.3) is 5.91 Å². The van der Waals surface area contributed by atoms with Crippen LogP contribution in [0, 0.1) is 19.8 Å². The van der Waals surface area contributed by atoms with Crippen LogP contribution in [0.1, 0.15) is 31.9 Å². The fraction of sp³-hybridized carbons (Fsp3) is 0.533. The monoisotopic (exact) mass is 249 g/mol. The van der Waals surface area contributed by atoms with Crippen molar-refractivity contribution in [2.45, 2.75) is 40.7 Å². The molecular formula is C15H23NO2. The first-order chi connectivity index (χ1) is 8.40. The Morgan fingerprint density at radius 3 is 2.44 bits per heavy atom. The van der Waals surface area contributed by atoms with Crippen LogP contribution in [0.3, 0.4) is 0 Å². The lowest BCUT2D eigenvalue weighted by atomic mass is 10.1. The average molecular weight is 249 g/mol. The van der Waals surface area contributed by atoms with E-state index in [1.807, 2.05) is 25.1 Å². The molecule has 0 bridgehead atoms. The summed E-state index contributed by atoms with van der Waals surface area (Å²) in [7, 11) is 0. The van der Waals surface area contributed by atoms with Gasteiger partial charge in [-0.3, -0.25) is 4.79 Å². The molecule has 100 valence electrons. The van der Waals surface area contributed by atoms with Crippen molar-refractivity contribution in [2.75, 3.05) is 6.54 Å². The van der Waals surface area contributed by atoms with Crippen molar-refractivity contribution >= 4 is 5.91 Å². The Bertz CT molecular complexity index is 413. The molecule has 0 radical (unpaired) electrons. The summed E-state index contributed by atoms with van der Waals surface area (Å²) in [5, 5.41) is 2.86. The molecule has 0 heterocycles. The molecule has 0 aliphatic heterocycles. The maximum atomic E-state index is 11.8. The number of ether oxygens (including phenoxy) is 1. The zero-order chi connectivity index (χ0) is 13.7. The maximum absolute atomic E-state index is 11.8. The highest BCUT2D eigenvalue weighted by Crippen LogP contribution is 2.17. The minimum absolute atomic E-state index is 0.0677. The fourth-order valence-electron chi connectivity index (χ4n) is 1.49. The highest BCUT2D eigenvalue weighted by Gasteiger charge is 2.14. The van der Waals surface area contributed by atoms with Gasteiger partial charge < -0.3 is 10.1 Å². The third-order valence-electron chi connectivity index (χ3n) is 2.85. The van der Waals surface area contributed by atoms with Crippen molar-refractivity contribution in [2.24, 2.45) is 5.92 Å². The van der Waals surface area contributed by atoms with Gasteiger partial charge in [-0.15, -0.1) is 0 Å². The van der Waals surface area contributed by atoms with Crippen molar-refractivity contribution in [3.63, 3.8) is 0 Å². The summed E-state index contributed by atoms with van der Waals surface area (Å²) < 4.78 is 5.63. The van der Waals surface area contributed by atoms with E-state index in [0.29, 0.717) is 12.5 Å². The predicted molar refractivity (Wildman–Crippen MR) is 73.9 cm³/mol. The first kappa shape index (κ1) is 14.6. The quantitative estimate of drug-likeness (QED) is 0.871. The summed E-state index contributed by atoms with van der Waals surface area (Å²) in [5.74, 6) is 1.12. The van der Waals surface area contributed by atoms with Crippen molar-refractivity contribution in [1.29, 1.82) is 0 Å². The van der Waals surface area contributed by atoms with Crippen LogP contribution < -0.4 is 10.1 Å². The fourth-order valence-corrected chi connectivity index (χ4v) is 1.49. The minimum atomic E-state index is -0.467. The van der Waals surface area contributed by atoms with Crippen LogP contribution in [0.2, 0.25) is 0 Å². The number of hydrogen-bond acceptors (Lipinski definition) is 2. The zero-order valence-electron chi connectivity index (χ0n) is 11.9. The largest absolute Gasteiger partial charge is 0.481 e. The average Bonchev–Trinajstić information content (AvgIpc) is 2.30. The summed E-state index contributed by atoms with van der Waals surface area (Å²) >= 11 is 0. The number of benzene rings is 1. The van der Waals surface area contributed by atoms with E-state index in [1.165, 1.54) is 11.1 Å². The van der Waals surface area contributed by atoms with E-state index in [2.05, 4.69) is 26.1 Å². The van der Waals surface area contributed by atoms with Gasteiger partial charge >= 0.3 is 0 Å². The van der Waals surface area contributed by atoms with Crippen LogP contribution in [0.15, 0.2) is 18.2 Å². The van der Waals surface area contributed by atoms with Gasteiger partial charge in [-0.05, 0) is 49.9 Å². The van der Waals surface area contributed by atoms with Gasteiger partial charge in [-0.1, -0.05) is 19.9 Å². The molecule has 3 heteroatoms. The van der Waals surface area contributed by atoms with Crippen molar-refractivity contribution in [3.8, 4) is 5.75 Å². The predicted octanol–water partition coefficient (Wildman–Crippen LogP) is 2.84. The standard InChI is InChI=1S/C15H23NO2/c1-10(2)9-16-15(17)13(5)18-14-7-6-11(3)12(4)8-14/h6-8,10,13H,9H2,1-5H3,(H,16,17). The van der Waals surface area contributed by atoms with Gasteiger partial charge in [0.05, 0.1) is 0 Å². The number of carbonyl (C=O) groups is 1. The Labute approximate surface area is 110 Å². The number of rotatable bonds is 5. The van der Waals surface area contributed by atoms with Gasteiger partial charge in [0, 0.05) is 6.54 Å². The first-order valence-electron chi connectivity index (χ1n) is 6.41. The maximum Gasteiger partial charge on any atom is 0.260 e. The molecule has 1 rings (SSSR count). The Hall–Kier alpha value is -1.51. The van der Waals surface area contributed by atoms with Crippen molar-refractivity contribution in [3.05, 3.63) is 29.3 Å². The normalized spacial score (nSPS) is 12.3. The second-order valence-electron chi connectivity index (χ2n) is 5.15. The molecule has 0 saturated carbocycles. The summed E-state index contributed by atoms with van der Waals surface area (Å²) in [5.41, 5.74) is 2.39. The lowest BCUT2D eigenvalue weighted by Gasteiger charge is -2.16. The van der Waals surface area contributed by atoms with Crippen molar-refractivity contribution in [1.82, 2.24) is 5.32 Å². The van der Waals surface area contributed by atoms with Gasteiger partial charge in [0.2, 0.25) is 0 Å². The van der Waals surface area contributed by atoms with E-state index in [-0.39, 0.29) is 5.91 Å². The molecule has 1 atom stereocenters. The van der Waals surface area contributed by atoms with Gasteiger partial charge in [0.1, 0.15) is 5.75 Å². The summed E-state index contributed by atoms with van der Waals surface area (Å²) in [6.45, 7) is 10.7. The van der Waals surface area contributed by atoms with E-state index in [1.54, 1.807) is 6.92 Å². The van der Waals surface area contributed by atoms with E-state index >= 15 is 0 Å². The van der Waals surface area contributed by atoms with Crippen LogP contribution >= 0.6 is 0 Å². The Morgan fingerprint density at radius 2 is 1.89 bits per heavy atom. The lowest BCUT2D eigenvalue weighted by molar-refractivity contribution is -0.127. The first-order valence-corrected chi connectivity index (χ1v) is 6.41. The van der Waals surface area contributed by atoms with Crippen LogP contribution in [0.5, 0.6) is 5.75 Å². The van der Waals surface area contributed by atoms with Crippen molar-refractivity contribution < 1.29 is 9.53 Å². The molecule has 3 nitrogen and oxygen atoms in total. The van der Waals surface area contributed by atoms with Gasteiger partial charge in [-0.25, -0.2) is 0 Å². The van der Waals surface area contributed by atoms with Crippen LogP contribution in [0.25, 0.3) is 0 Å². The molecule has 0 aliphatic rings. The second-order valence-corrected chi connectivity index (χ2v) is 5.15. The second kappa shape index (κ2) is 6.43. The molecule has 0 spiro atoms. The molecule has 18 heavy (non-hydrogen) atoms. The number of hydrogen-bond donors (Lipinski definition) is 1. The van der Waals surface area contributed by atoms with E-state index in [0.717, 1.165) is 5.75 Å². The zero-order valence-corrected chi connectivity index (χ0v) is 11.9. The molecular weight excluding hydrogens is 226 g/mol. The Balaban J connectivity index is 2.55. The lowest BCUT2D eigenvalue weighted by Crippen LogP contribution is -2.38.